The number of nitrogens with one attached hydrogen (secondary N) is 1. The first-order valence-electron chi connectivity index (χ1n) is 8.55. The van der Waals surface area contributed by atoms with Crippen LogP contribution in [-0.4, -0.2) is 27.0 Å². The zero-order chi connectivity index (χ0) is 20.3. The van der Waals surface area contributed by atoms with Gasteiger partial charge in [0.1, 0.15) is 0 Å². The van der Waals surface area contributed by atoms with E-state index in [9.17, 15) is 9.59 Å². The standard InChI is InChI=1S/C19H20N4O2S3/c1-10-4-5-14(11(2)6-10)15-8-21-18(28-15)23-16(24)7-13-9-26-19(22-13)27-12(3)17(20)25/h4-6,8-9,12H,7H2,1-3H3,(H2,20,25)(H,21,23,24). The molecule has 0 aliphatic heterocycles. The van der Waals surface area contributed by atoms with Crippen molar-refractivity contribution in [3.05, 3.63) is 46.6 Å². The number of aromatic nitrogens is 2. The molecule has 9 heteroatoms. The number of thiazole rings is 2. The molecule has 3 aromatic rings. The monoisotopic (exact) mass is 432 g/mol. The van der Waals surface area contributed by atoms with Crippen molar-refractivity contribution >= 4 is 51.4 Å². The summed E-state index contributed by atoms with van der Waals surface area (Å²) in [6.07, 6.45) is 1.93. The highest BCUT2D eigenvalue weighted by molar-refractivity contribution is 8.02. The molecule has 0 bridgehead atoms. The molecule has 0 spiro atoms. The number of anilines is 1. The second kappa shape index (κ2) is 8.85. The van der Waals surface area contributed by atoms with Crippen molar-refractivity contribution in [1.82, 2.24) is 9.97 Å². The Labute approximate surface area is 175 Å². The molecule has 2 aromatic heterocycles. The molecule has 3 N–H and O–H groups in total. The zero-order valence-electron chi connectivity index (χ0n) is 15.7. The maximum atomic E-state index is 12.3. The van der Waals surface area contributed by atoms with E-state index in [4.69, 9.17) is 5.73 Å². The smallest absolute Gasteiger partial charge is 0.232 e. The van der Waals surface area contributed by atoms with E-state index in [0.29, 0.717) is 10.8 Å². The van der Waals surface area contributed by atoms with Crippen LogP contribution in [0.2, 0.25) is 0 Å². The van der Waals surface area contributed by atoms with Gasteiger partial charge in [-0.1, -0.05) is 46.9 Å². The average Bonchev–Trinajstić information content (AvgIpc) is 3.24. The molecule has 0 saturated heterocycles. The molecule has 0 aliphatic carbocycles. The zero-order valence-corrected chi connectivity index (χ0v) is 18.1. The van der Waals surface area contributed by atoms with Crippen molar-refractivity contribution in [2.24, 2.45) is 5.73 Å². The molecule has 2 amide bonds. The minimum Gasteiger partial charge on any atom is -0.369 e. The van der Waals surface area contributed by atoms with Gasteiger partial charge in [-0.2, -0.15) is 0 Å². The number of nitrogens with zero attached hydrogens (tertiary/aromatic N) is 2. The van der Waals surface area contributed by atoms with Crippen LogP contribution < -0.4 is 11.1 Å². The molecule has 0 fully saturated rings. The van der Waals surface area contributed by atoms with Gasteiger partial charge in [-0.05, 0) is 31.9 Å². The molecule has 1 atom stereocenters. The summed E-state index contributed by atoms with van der Waals surface area (Å²) in [7, 11) is 0. The third-order valence-electron chi connectivity index (χ3n) is 3.95. The van der Waals surface area contributed by atoms with Crippen LogP contribution in [-0.2, 0) is 16.0 Å². The molecule has 1 aromatic carbocycles. The number of benzene rings is 1. The lowest BCUT2D eigenvalue weighted by Crippen LogP contribution is -2.22. The first-order valence-corrected chi connectivity index (χ1v) is 11.1. The third-order valence-corrected chi connectivity index (χ3v) is 7.04. The van der Waals surface area contributed by atoms with Crippen LogP contribution in [0.1, 0.15) is 23.7 Å². The fraction of sp³-hybridized carbons (Fsp3) is 0.263. The largest absolute Gasteiger partial charge is 0.369 e. The van der Waals surface area contributed by atoms with E-state index < -0.39 is 0 Å². The van der Waals surface area contributed by atoms with Crippen LogP contribution in [0, 0.1) is 13.8 Å². The predicted octanol–water partition coefficient (Wildman–Crippen LogP) is 4.03. The van der Waals surface area contributed by atoms with Gasteiger partial charge < -0.3 is 11.1 Å². The molecule has 3 rings (SSSR count). The van der Waals surface area contributed by atoms with Gasteiger partial charge in [0, 0.05) is 11.6 Å². The lowest BCUT2D eigenvalue weighted by atomic mass is 10.1. The number of primary amides is 1. The molecule has 0 saturated carbocycles. The normalized spacial score (nSPS) is 12.0. The molecule has 0 radical (unpaired) electrons. The van der Waals surface area contributed by atoms with Crippen LogP contribution in [0.25, 0.3) is 10.4 Å². The predicted molar refractivity (Wildman–Crippen MR) is 116 cm³/mol. The molecule has 2 heterocycles. The summed E-state index contributed by atoms with van der Waals surface area (Å²) in [5.41, 5.74) is 9.44. The Hall–Kier alpha value is -2.23. The number of hydrogen-bond acceptors (Lipinski definition) is 7. The molecule has 1 unspecified atom stereocenters. The highest BCUT2D eigenvalue weighted by Crippen LogP contribution is 2.32. The van der Waals surface area contributed by atoms with Crippen molar-refractivity contribution in [3.63, 3.8) is 0 Å². The van der Waals surface area contributed by atoms with Gasteiger partial charge in [0.15, 0.2) is 9.47 Å². The minimum absolute atomic E-state index is 0.153. The summed E-state index contributed by atoms with van der Waals surface area (Å²) in [6.45, 7) is 5.86. The van der Waals surface area contributed by atoms with Crippen molar-refractivity contribution < 1.29 is 9.59 Å². The Morgan fingerprint density at radius 3 is 2.82 bits per heavy atom. The van der Waals surface area contributed by atoms with Crippen LogP contribution in [0.5, 0.6) is 0 Å². The van der Waals surface area contributed by atoms with E-state index in [1.165, 1.54) is 45.6 Å². The molecule has 6 nitrogen and oxygen atoms in total. The number of aryl methyl sites for hydroxylation is 2. The molecular formula is C19H20N4O2S3. The van der Waals surface area contributed by atoms with Gasteiger partial charge in [0.05, 0.1) is 22.2 Å². The Balaban J connectivity index is 1.61. The highest BCUT2D eigenvalue weighted by atomic mass is 32.2. The first-order chi connectivity index (χ1) is 13.3. The fourth-order valence-electron chi connectivity index (χ4n) is 2.51. The van der Waals surface area contributed by atoms with Gasteiger partial charge in [-0.25, -0.2) is 9.97 Å². The number of carbonyl (C=O) groups excluding carboxylic acids is 2. The van der Waals surface area contributed by atoms with Crippen LogP contribution in [0.15, 0.2) is 34.1 Å². The number of amides is 2. The first kappa shape index (κ1) is 20.5. The SMILES string of the molecule is Cc1ccc(-c2cnc(NC(=O)Cc3csc(SC(C)C(N)=O)n3)s2)c(C)c1. The lowest BCUT2D eigenvalue weighted by Gasteiger charge is -2.03. The topological polar surface area (TPSA) is 98.0 Å². The number of rotatable bonds is 7. The Bertz CT molecular complexity index is 1010. The number of thioether (sulfide) groups is 1. The van der Waals surface area contributed by atoms with Crippen LogP contribution in [0.3, 0.4) is 0 Å². The van der Waals surface area contributed by atoms with E-state index in [2.05, 4.69) is 47.3 Å². The van der Waals surface area contributed by atoms with Gasteiger partial charge in [0.2, 0.25) is 11.8 Å². The summed E-state index contributed by atoms with van der Waals surface area (Å²) >= 11 is 4.14. The summed E-state index contributed by atoms with van der Waals surface area (Å²) in [5, 5.41) is 4.86. The van der Waals surface area contributed by atoms with E-state index >= 15 is 0 Å². The summed E-state index contributed by atoms with van der Waals surface area (Å²) in [6, 6.07) is 6.27. The van der Waals surface area contributed by atoms with Gasteiger partial charge in [0.25, 0.3) is 0 Å². The summed E-state index contributed by atoms with van der Waals surface area (Å²) in [4.78, 5) is 33.2. The quantitative estimate of drug-likeness (QED) is 0.549. The maximum absolute atomic E-state index is 12.3. The van der Waals surface area contributed by atoms with Crippen LogP contribution >= 0.6 is 34.4 Å². The average molecular weight is 433 g/mol. The second-order valence-electron chi connectivity index (χ2n) is 6.34. The van der Waals surface area contributed by atoms with Crippen molar-refractivity contribution in [2.45, 2.75) is 36.8 Å². The number of hydrogen-bond donors (Lipinski definition) is 2. The van der Waals surface area contributed by atoms with E-state index in [1.807, 2.05) is 5.38 Å². The Morgan fingerprint density at radius 2 is 2.11 bits per heavy atom. The van der Waals surface area contributed by atoms with Gasteiger partial charge in [-0.3, -0.25) is 9.59 Å². The van der Waals surface area contributed by atoms with Crippen molar-refractivity contribution in [2.75, 3.05) is 5.32 Å². The third kappa shape index (κ3) is 5.18. The molecule has 0 aliphatic rings. The minimum atomic E-state index is -0.386. The summed E-state index contributed by atoms with van der Waals surface area (Å²) < 4.78 is 0.723. The van der Waals surface area contributed by atoms with Gasteiger partial charge in [-0.15, -0.1) is 11.3 Å². The highest BCUT2D eigenvalue weighted by Gasteiger charge is 2.15. The molecular weight excluding hydrogens is 412 g/mol. The van der Waals surface area contributed by atoms with Crippen molar-refractivity contribution in [3.8, 4) is 10.4 Å². The van der Waals surface area contributed by atoms with Gasteiger partial charge >= 0.3 is 0 Å². The second-order valence-corrected chi connectivity index (χ2v) is 9.82. The fourth-order valence-corrected chi connectivity index (χ4v) is 5.36. The Morgan fingerprint density at radius 1 is 1.32 bits per heavy atom. The van der Waals surface area contributed by atoms with E-state index in [-0.39, 0.29) is 23.5 Å². The Kier molecular flexibility index (Phi) is 6.48. The number of nitrogens with two attached hydrogens (primary N) is 1. The van der Waals surface area contributed by atoms with E-state index in [1.54, 1.807) is 13.1 Å². The summed E-state index contributed by atoms with van der Waals surface area (Å²) in [5.74, 6) is -0.561. The number of carbonyl (C=O) groups is 2. The molecule has 146 valence electrons. The molecule has 28 heavy (non-hydrogen) atoms. The van der Waals surface area contributed by atoms with Crippen LogP contribution in [0.4, 0.5) is 5.13 Å². The van der Waals surface area contributed by atoms with E-state index in [0.717, 1.165) is 14.8 Å². The lowest BCUT2D eigenvalue weighted by molar-refractivity contribution is -0.117. The van der Waals surface area contributed by atoms with Crippen molar-refractivity contribution in [1.29, 1.82) is 0 Å². The maximum Gasteiger partial charge on any atom is 0.232 e.